The number of ether oxygens (including phenoxy) is 1. The van der Waals surface area contributed by atoms with Crippen molar-refractivity contribution in [3.8, 4) is 0 Å². The zero-order chi connectivity index (χ0) is 11.7. The normalized spacial score (nSPS) is 42.9. The summed E-state index contributed by atoms with van der Waals surface area (Å²) in [6.07, 6.45) is 6.63. The van der Waals surface area contributed by atoms with Crippen LogP contribution in [-0.4, -0.2) is 55.4 Å². The summed E-state index contributed by atoms with van der Waals surface area (Å²) in [7, 11) is 0. The summed E-state index contributed by atoms with van der Waals surface area (Å²) in [6, 6.07) is 1.76. The fraction of sp³-hybridized carbons (Fsp3) is 1.00. The maximum atomic E-state index is 5.94. The van der Waals surface area contributed by atoms with Crippen molar-refractivity contribution in [1.82, 2.24) is 10.2 Å². The smallest absolute Gasteiger partial charge is 0.0827 e. The van der Waals surface area contributed by atoms with E-state index in [1.54, 1.807) is 0 Å². The van der Waals surface area contributed by atoms with Gasteiger partial charge in [0.15, 0.2) is 0 Å². The van der Waals surface area contributed by atoms with Crippen LogP contribution in [0.2, 0.25) is 0 Å². The number of nitrogens with zero attached hydrogens (tertiary/aromatic N) is 1. The summed E-state index contributed by atoms with van der Waals surface area (Å²) in [4.78, 5) is 2.61. The van der Waals surface area contributed by atoms with Gasteiger partial charge in [0, 0.05) is 31.2 Å². The lowest BCUT2D eigenvalue weighted by atomic mass is 10.1. The molecule has 1 aliphatic carbocycles. The Kier molecular flexibility index (Phi) is 3.66. The number of hydrogen-bond donors (Lipinski definition) is 2. The second-order valence-corrected chi connectivity index (χ2v) is 5.92. The zero-order valence-electron chi connectivity index (χ0n) is 10.6. The number of rotatable bonds is 3. The summed E-state index contributed by atoms with van der Waals surface area (Å²) in [5.74, 6) is 0. The van der Waals surface area contributed by atoms with Gasteiger partial charge in [0.2, 0.25) is 0 Å². The molecule has 2 saturated heterocycles. The van der Waals surface area contributed by atoms with Crippen molar-refractivity contribution in [2.45, 2.75) is 56.3 Å². The molecule has 0 radical (unpaired) electrons. The molecule has 3 fully saturated rings. The van der Waals surface area contributed by atoms with Crippen LogP contribution in [0.15, 0.2) is 0 Å². The maximum absolute atomic E-state index is 5.94. The van der Waals surface area contributed by atoms with Crippen molar-refractivity contribution in [2.75, 3.05) is 26.2 Å². The van der Waals surface area contributed by atoms with Crippen LogP contribution >= 0.6 is 0 Å². The minimum atomic E-state index is 0.390. The Bertz CT molecular complexity index is 261. The first-order valence-corrected chi connectivity index (χ1v) is 7.16. The van der Waals surface area contributed by atoms with Crippen LogP contribution in [0, 0.1) is 0 Å². The molecule has 3 aliphatic rings. The van der Waals surface area contributed by atoms with Gasteiger partial charge in [-0.3, -0.25) is 4.90 Å². The van der Waals surface area contributed by atoms with Gasteiger partial charge in [0.1, 0.15) is 0 Å². The summed E-state index contributed by atoms with van der Waals surface area (Å²) in [5.41, 5.74) is 5.92. The van der Waals surface area contributed by atoms with E-state index in [-0.39, 0.29) is 0 Å². The largest absolute Gasteiger partial charge is 0.374 e. The van der Waals surface area contributed by atoms with Gasteiger partial charge in [-0.2, -0.15) is 0 Å². The van der Waals surface area contributed by atoms with Crippen LogP contribution in [0.5, 0.6) is 0 Å². The average Bonchev–Trinajstić information content (AvgIpc) is 2.94. The van der Waals surface area contributed by atoms with Crippen LogP contribution < -0.4 is 11.1 Å². The number of nitrogens with two attached hydrogens (primary N) is 1. The minimum absolute atomic E-state index is 0.390. The van der Waals surface area contributed by atoms with E-state index in [1.165, 1.54) is 32.2 Å². The van der Waals surface area contributed by atoms with E-state index in [4.69, 9.17) is 10.5 Å². The lowest BCUT2D eigenvalue weighted by Crippen LogP contribution is -2.50. The molecule has 0 bridgehead atoms. The summed E-state index contributed by atoms with van der Waals surface area (Å²) < 4.78 is 5.94. The van der Waals surface area contributed by atoms with Crippen LogP contribution in [0.25, 0.3) is 0 Å². The summed E-state index contributed by atoms with van der Waals surface area (Å²) >= 11 is 0. The molecule has 98 valence electrons. The molecule has 0 aromatic carbocycles. The first-order chi connectivity index (χ1) is 8.31. The Morgan fingerprint density at radius 3 is 3.06 bits per heavy atom. The molecular weight excluding hydrogens is 214 g/mol. The summed E-state index contributed by atoms with van der Waals surface area (Å²) in [5, 5.41) is 3.63. The van der Waals surface area contributed by atoms with Crippen LogP contribution in [-0.2, 0) is 4.74 Å². The number of nitrogens with one attached hydrogen (secondary N) is 1. The molecule has 4 unspecified atom stereocenters. The standard InChI is InChI=1S/C13H25N3O/c14-10-3-4-11(6-10)15-7-13-8-16-5-1-2-12(16)9-17-13/h10-13,15H,1-9,14H2. The van der Waals surface area contributed by atoms with Gasteiger partial charge in [-0.25, -0.2) is 0 Å². The molecule has 4 atom stereocenters. The Balaban J connectivity index is 1.40. The highest BCUT2D eigenvalue weighted by molar-refractivity contribution is 4.88. The van der Waals surface area contributed by atoms with Crippen molar-refractivity contribution >= 4 is 0 Å². The molecule has 2 heterocycles. The highest BCUT2D eigenvalue weighted by atomic mass is 16.5. The van der Waals surface area contributed by atoms with Crippen LogP contribution in [0.3, 0.4) is 0 Å². The molecule has 0 amide bonds. The minimum Gasteiger partial charge on any atom is -0.374 e. The van der Waals surface area contributed by atoms with Crippen molar-refractivity contribution in [3.63, 3.8) is 0 Å². The molecule has 4 heteroatoms. The van der Waals surface area contributed by atoms with E-state index in [9.17, 15) is 0 Å². The van der Waals surface area contributed by atoms with Gasteiger partial charge < -0.3 is 15.8 Å². The SMILES string of the molecule is NC1CCC(NCC2CN3CCCC3CO2)C1. The molecule has 0 spiro atoms. The highest BCUT2D eigenvalue weighted by Crippen LogP contribution is 2.23. The van der Waals surface area contributed by atoms with Crippen molar-refractivity contribution in [2.24, 2.45) is 5.73 Å². The second kappa shape index (κ2) is 5.22. The van der Waals surface area contributed by atoms with Gasteiger partial charge in [-0.1, -0.05) is 0 Å². The lowest BCUT2D eigenvalue weighted by Gasteiger charge is -2.35. The van der Waals surface area contributed by atoms with Gasteiger partial charge in [-0.15, -0.1) is 0 Å². The fourth-order valence-corrected chi connectivity index (χ4v) is 3.51. The topological polar surface area (TPSA) is 50.5 Å². The summed E-state index contributed by atoms with van der Waals surface area (Å²) in [6.45, 7) is 4.34. The quantitative estimate of drug-likeness (QED) is 0.745. The van der Waals surface area contributed by atoms with E-state index in [0.717, 1.165) is 26.1 Å². The Morgan fingerprint density at radius 1 is 1.29 bits per heavy atom. The van der Waals surface area contributed by atoms with Gasteiger partial charge in [-0.05, 0) is 38.6 Å². The maximum Gasteiger partial charge on any atom is 0.0827 e. The Labute approximate surface area is 104 Å². The molecule has 0 aromatic rings. The van der Waals surface area contributed by atoms with E-state index < -0.39 is 0 Å². The first-order valence-electron chi connectivity index (χ1n) is 7.16. The third kappa shape index (κ3) is 2.81. The van der Waals surface area contributed by atoms with Crippen LogP contribution in [0.4, 0.5) is 0 Å². The average molecular weight is 239 g/mol. The molecular formula is C13H25N3O. The molecule has 0 aromatic heterocycles. The predicted molar refractivity (Wildman–Crippen MR) is 68.0 cm³/mol. The third-order valence-electron chi connectivity index (χ3n) is 4.57. The molecule has 1 saturated carbocycles. The number of hydrogen-bond acceptors (Lipinski definition) is 4. The van der Waals surface area contributed by atoms with Crippen molar-refractivity contribution < 1.29 is 4.74 Å². The second-order valence-electron chi connectivity index (χ2n) is 5.92. The molecule has 3 rings (SSSR count). The predicted octanol–water partition coefficient (Wildman–Crippen LogP) is 0.319. The molecule has 4 nitrogen and oxygen atoms in total. The molecule has 2 aliphatic heterocycles. The fourth-order valence-electron chi connectivity index (χ4n) is 3.51. The van der Waals surface area contributed by atoms with Crippen molar-refractivity contribution in [1.29, 1.82) is 0 Å². The zero-order valence-corrected chi connectivity index (χ0v) is 10.6. The van der Waals surface area contributed by atoms with E-state index in [2.05, 4.69) is 10.2 Å². The number of morpholine rings is 1. The van der Waals surface area contributed by atoms with E-state index in [1.807, 2.05) is 0 Å². The Hall–Kier alpha value is -0.160. The first kappa shape index (κ1) is 11.9. The van der Waals surface area contributed by atoms with Crippen molar-refractivity contribution in [3.05, 3.63) is 0 Å². The monoisotopic (exact) mass is 239 g/mol. The molecule has 3 N–H and O–H groups in total. The third-order valence-corrected chi connectivity index (χ3v) is 4.57. The van der Waals surface area contributed by atoms with Gasteiger partial charge in [0.25, 0.3) is 0 Å². The van der Waals surface area contributed by atoms with E-state index >= 15 is 0 Å². The van der Waals surface area contributed by atoms with E-state index in [0.29, 0.717) is 24.2 Å². The van der Waals surface area contributed by atoms with Gasteiger partial charge >= 0.3 is 0 Å². The van der Waals surface area contributed by atoms with Gasteiger partial charge in [0.05, 0.1) is 12.7 Å². The Morgan fingerprint density at radius 2 is 2.24 bits per heavy atom. The molecule has 17 heavy (non-hydrogen) atoms. The lowest BCUT2D eigenvalue weighted by molar-refractivity contribution is -0.0478. The highest BCUT2D eigenvalue weighted by Gasteiger charge is 2.32. The van der Waals surface area contributed by atoms with Crippen LogP contribution in [0.1, 0.15) is 32.1 Å². The number of fused-ring (bicyclic) bond motifs is 1.